The molecule has 0 saturated heterocycles. The molecule has 9 heteroatoms. The molecule has 0 aliphatic rings. The van der Waals surface area contributed by atoms with Crippen molar-refractivity contribution in [3.8, 4) is 0 Å². The Balaban J connectivity index is 1.27. The molecule has 2 aromatic rings. The van der Waals surface area contributed by atoms with Crippen LogP contribution in [0.2, 0.25) is 0 Å². The SMILES string of the molecule is O=S(=O)(O)c1ccc(CCCCCCCCCCOCCCCCCCCCCc2ccc(S(=O)(=O)O)cc2)cc1. The van der Waals surface area contributed by atoms with E-state index in [1.54, 1.807) is 24.3 Å². The van der Waals surface area contributed by atoms with Gasteiger partial charge in [-0.15, -0.1) is 0 Å². The van der Waals surface area contributed by atoms with Gasteiger partial charge in [-0.1, -0.05) is 101 Å². The normalized spacial score (nSPS) is 12.1. The summed E-state index contributed by atoms with van der Waals surface area (Å²) in [5, 5.41) is 0. The summed E-state index contributed by atoms with van der Waals surface area (Å²) >= 11 is 0. The predicted octanol–water partition coefficient (Wildman–Crippen LogP) is 8.22. The molecular weight excluding hydrogens is 560 g/mol. The van der Waals surface area contributed by atoms with E-state index in [0.717, 1.165) is 62.9 Å². The smallest absolute Gasteiger partial charge is 0.294 e. The lowest BCUT2D eigenvalue weighted by Gasteiger charge is -2.06. The highest BCUT2D eigenvalue weighted by Gasteiger charge is 2.09. The molecule has 0 fully saturated rings. The van der Waals surface area contributed by atoms with Crippen molar-refractivity contribution >= 4 is 20.2 Å². The summed E-state index contributed by atoms with van der Waals surface area (Å²) in [6, 6.07) is 13.0. The highest BCUT2D eigenvalue weighted by molar-refractivity contribution is 7.86. The Morgan fingerprint density at radius 1 is 0.415 bits per heavy atom. The van der Waals surface area contributed by atoms with Crippen LogP contribution < -0.4 is 0 Å². The first kappa shape index (κ1) is 35.4. The van der Waals surface area contributed by atoms with E-state index in [0.29, 0.717) is 0 Å². The van der Waals surface area contributed by atoms with Crippen molar-refractivity contribution in [3.63, 3.8) is 0 Å². The summed E-state index contributed by atoms with van der Waals surface area (Å²) in [6.45, 7) is 1.74. The first-order valence-corrected chi connectivity index (χ1v) is 18.2. The Morgan fingerprint density at radius 3 is 0.976 bits per heavy atom. The third kappa shape index (κ3) is 17.1. The molecule has 0 heterocycles. The minimum absolute atomic E-state index is 0.0483. The van der Waals surface area contributed by atoms with Crippen molar-refractivity contribution in [1.82, 2.24) is 0 Å². The van der Waals surface area contributed by atoms with Gasteiger partial charge in [-0.25, -0.2) is 0 Å². The standard InChI is InChI=1S/C32H50O7S2/c33-40(34,35)31-23-19-29(20-24-31)17-13-9-5-1-3-7-11-15-27-39-28-16-12-8-4-2-6-10-14-18-30-21-25-32(26-22-30)41(36,37)38/h19-26H,1-18,27-28H2,(H,33,34,35)(H,36,37,38). The molecule has 0 aliphatic carbocycles. The maximum Gasteiger partial charge on any atom is 0.294 e. The largest absolute Gasteiger partial charge is 0.381 e. The van der Waals surface area contributed by atoms with Gasteiger partial charge in [-0.3, -0.25) is 9.11 Å². The molecule has 7 nitrogen and oxygen atoms in total. The zero-order valence-corrected chi connectivity index (χ0v) is 26.1. The molecule has 0 aromatic heterocycles. The number of ether oxygens (including phenoxy) is 1. The molecule has 2 N–H and O–H groups in total. The molecule has 0 aliphatic heterocycles. The first-order chi connectivity index (χ1) is 19.7. The van der Waals surface area contributed by atoms with Gasteiger partial charge in [0.25, 0.3) is 20.2 Å². The van der Waals surface area contributed by atoms with Crippen LogP contribution in [0.5, 0.6) is 0 Å². The summed E-state index contributed by atoms with van der Waals surface area (Å²) < 4.78 is 68.1. The second-order valence-electron chi connectivity index (χ2n) is 11.0. The van der Waals surface area contributed by atoms with Gasteiger partial charge in [0.2, 0.25) is 0 Å². The van der Waals surface area contributed by atoms with Crippen molar-refractivity contribution in [1.29, 1.82) is 0 Å². The fourth-order valence-electron chi connectivity index (χ4n) is 4.95. The van der Waals surface area contributed by atoms with Crippen LogP contribution in [0.15, 0.2) is 58.3 Å². The van der Waals surface area contributed by atoms with Crippen LogP contribution in [0.4, 0.5) is 0 Å². The van der Waals surface area contributed by atoms with Gasteiger partial charge in [0.05, 0.1) is 9.79 Å². The highest BCUT2D eigenvalue weighted by Crippen LogP contribution is 2.16. The van der Waals surface area contributed by atoms with Crippen LogP contribution in [0, 0.1) is 0 Å². The monoisotopic (exact) mass is 610 g/mol. The molecule has 0 atom stereocenters. The Morgan fingerprint density at radius 2 is 0.683 bits per heavy atom. The minimum atomic E-state index is -4.11. The average Bonchev–Trinajstić information content (AvgIpc) is 2.93. The quantitative estimate of drug-likeness (QED) is 0.0908. The lowest BCUT2D eigenvalue weighted by atomic mass is 10.0. The van der Waals surface area contributed by atoms with Crippen LogP contribution in [0.3, 0.4) is 0 Å². The molecule has 0 amide bonds. The second-order valence-corrected chi connectivity index (χ2v) is 13.9. The van der Waals surface area contributed by atoms with Crippen LogP contribution in [0.25, 0.3) is 0 Å². The van der Waals surface area contributed by atoms with Gasteiger partial charge < -0.3 is 4.74 Å². The Kier molecular flexibility index (Phi) is 17.4. The van der Waals surface area contributed by atoms with Gasteiger partial charge >= 0.3 is 0 Å². The van der Waals surface area contributed by atoms with E-state index in [9.17, 15) is 16.8 Å². The summed E-state index contributed by atoms with van der Waals surface area (Å²) in [5.74, 6) is 0. The maximum atomic E-state index is 11.1. The van der Waals surface area contributed by atoms with Gasteiger partial charge in [-0.2, -0.15) is 16.8 Å². The summed E-state index contributed by atoms with van der Waals surface area (Å²) in [6.07, 6.45) is 21.2. The van der Waals surface area contributed by atoms with E-state index in [1.165, 1.54) is 101 Å². The molecule has 0 saturated carbocycles. The lowest BCUT2D eigenvalue weighted by Crippen LogP contribution is -1.98. The third-order valence-corrected chi connectivity index (χ3v) is 9.19. The predicted molar refractivity (Wildman–Crippen MR) is 165 cm³/mol. The molecule has 0 unspecified atom stereocenters. The second kappa shape index (κ2) is 20.2. The van der Waals surface area contributed by atoms with Crippen LogP contribution in [0.1, 0.15) is 114 Å². The van der Waals surface area contributed by atoms with Crippen LogP contribution >= 0.6 is 0 Å². The molecular formula is C32H50O7S2. The molecule has 2 aromatic carbocycles. The number of unbranched alkanes of at least 4 members (excludes halogenated alkanes) is 14. The minimum Gasteiger partial charge on any atom is -0.381 e. The molecule has 41 heavy (non-hydrogen) atoms. The Labute approximate surface area is 248 Å². The van der Waals surface area contributed by atoms with Gasteiger partial charge in [0.15, 0.2) is 0 Å². The first-order valence-electron chi connectivity index (χ1n) is 15.4. The number of hydrogen-bond donors (Lipinski definition) is 2. The van der Waals surface area contributed by atoms with Gasteiger partial charge in [0.1, 0.15) is 0 Å². The maximum absolute atomic E-state index is 11.1. The fraction of sp³-hybridized carbons (Fsp3) is 0.625. The van der Waals surface area contributed by atoms with E-state index in [1.807, 2.05) is 0 Å². The zero-order chi connectivity index (χ0) is 29.8. The highest BCUT2D eigenvalue weighted by atomic mass is 32.2. The summed E-state index contributed by atoms with van der Waals surface area (Å²) in [5.41, 5.74) is 2.21. The number of rotatable bonds is 24. The van der Waals surface area contributed by atoms with Crippen LogP contribution in [-0.4, -0.2) is 39.2 Å². The Bertz CT molecular complexity index is 1070. The summed E-state index contributed by atoms with van der Waals surface area (Å²) in [7, 11) is -8.21. The van der Waals surface area contributed by atoms with E-state index in [-0.39, 0.29) is 9.79 Å². The van der Waals surface area contributed by atoms with E-state index in [4.69, 9.17) is 13.8 Å². The Hall–Kier alpha value is -1.78. The van der Waals surface area contributed by atoms with Gasteiger partial charge in [0, 0.05) is 13.2 Å². The number of benzene rings is 2. The van der Waals surface area contributed by atoms with E-state index >= 15 is 0 Å². The molecule has 2 rings (SSSR count). The molecule has 232 valence electrons. The molecule has 0 radical (unpaired) electrons. The molecule has 0 spiro atoms. The van der Waals surface area contributed by atoms with Crippen molar-refractivity contribution < 1.29 is 30.7 Å². The fourth-order valence-corrected chi connectivity index (χ4v) is 5.91. The number of hydrogen-bond acceptors (Lipinski definition) is 5. The average molecular weight is 611 g/mol. The van der Waals surface area contributed by atoms with Gasteiger partial charge in [-0.05, 0) is 73.9 Å². The van der Waals surface area contributed by atoms with Crippen molar-refractivity contribution in [3.05, 3.63) is 59.7 Å². The van der Waals surface area contributed by atoms with Crippen molar-refractivity contribution in [2.45, 2.75) is 125 Å². The third-order valence-electron chi connectivity index (χ3n) is 7.45. The molecule has 0 bridgehead atoms. The number of aryl methyl sites for hydroxylation is 2. The summed E-state index contributed by atoms with van der Waals surface area (Å²) in [4.78, 5) is -0.0966. The van der Waals surface area contributed by atoms with Crippen LogP contribution in [-0.2, 0) is 37.8 Å². The van der Waals surface area contributed by atoms with E-state index < -0.39 is 20.2 Å². The lowest BCUT2D eigenvalue weighted by molar-refractivity contribution is 0.125. The van der Waals surface area contributed by atoms with Crippen molar-refractivity contribution in [2.75, 3.05) is 13.2 Å². The topological polar surface area (TPSA) is 118 Å². The van der Waals surface area contributed by atoms with E-state index in [2.05, 4.69) is 0 Å². The zero-order valence-electron chi connectivity index (χ0n) is 24.5. The van der Waals surface area contributed by atoms with Crippen molar-refractivity contribution in [2.24, 2.45) is 0 Å².